The Morgan fingerprint density at radius 3 is 2.91 bits per heavy atom. The SMILES string of the molecule is Cc1ncc(CN2CCCNC(=O)C2Cc2ccccc2)s1. The Bertz CT molecular complexity index is 626. The molecule has 1 N–H and O–H groups in total. The van der Waals surface area contributed by atoms with Crippen molar-refractivity contribution in [1.82, 2.24) is 15.2 Å². The number of aryl methyl sites for hydroxylation is 1. The molecule has 5 heteroatoms. The number of aromatic nitrogens is 1. The van der Waals surface area contributed by atoms with Gasteiger partial charge in [-0.3, -0.25) is 9.69 Å². The van der Waals surface area contributed by atoms with Crippen LogP contribution >= 0.6 is 11.3 Å². The number of hydrogen-bond acceptors (Lipinski definition) is 4. The summed E-state index contributed by atoms with van der Waals surface area (Å²) in [6, 6.07) is 10.1. The van der Waals surface area contributed by atoms with Gasteiger partial charge in [0, 0.05) is 30.7 Å². The first-order valence-electron chi connectivity index (χ1n) is 7.69. The van der Waals surface area contributed by atoms with Gasteiger partial charge in [-0.25, -0.2) is 4.98 Å². The van der Waals surface area contributed by atoms with Crippen LogP contribution in [0.5, 0.6) is 0 Å². The predicted molar refractivity (Wildman–Crippen MR) is 88.8 cm³/mol. The smallest absolute Gasteiger partial charge is 0.237 e. The Labute approximate surface area is 135 Å². The lowest BCUT2D eigenvalue weighted by Gasteiger charge is -2.27. The number of nitrogens with one attached hydrogen (secondary N) is 1. The molecule has 1 aromatic heterocycles. The van der Waals surface area contributed by atoms with Gasteiger partial charge < -0.3 is 5.32 Å². The average Bonchev–Trinajstić information content (AvgIpc) is 2.86. The third-order valence-corrected chi connectivity index (χ3v) is 4.86. The van der Waals surface area contributed by atoms with E-state index in [1.165, 1.54) is 10.4 Å². The second kappa shape index (κ2) is 7.03. The van der Waals surface area contributed by atoms with Gasteiger partial charge >= 0.3 is 0 Å². The van der Waals surface area contributed by atoms with E-state index >= 15 is 0 Å². The predicted octanol–water partition coefficient (Wildman–Crippen LogP) is 2.38. The van der Waals surface area contributed by atoms with Gasteiger partial charge in [-0.15, -0.1) is 11.3 Å². The van der Waals surface area contributed by atoms with Gasteiger partial charge in [0.15, 0.2) is 0 Å². The van der Waals surface area contributed by atoms with Gasteiger partial charge in [0.1, 0.15) is 0 Å². The number of rotatable bonds is 4. The lowest BCUT2D eigenvalue weighted by atomic mass is 10.0. The Kier molecular flexibility index (Phi) is 4.85. The van der Waals surface area contributed by atoms with E-state index in [2.05, 4.69) is 27.3 Å². The largest absolute Gasteiger partial charge is 0.355 e. The maximum atomic E-state index is 12.5. The van der Waals surface area contributed by atoms with Crippen molar-refractivity contribution in [2.24, 2.45) is 0 Å². The molecule has 1 saturated heterocycles. The second-order valence-electron chi connectivity index (χ2n) is 5.67. The van der Waals surface area contributed by atoms with Crippen molar-refractivity contribution in [2.75, 3.05) is 13.1 Å². The van der Waals surface area contributed by atoms with Crippen molar-refractivity contribution >= 4 is 17.2 Å². The summed E-state index contributed by atoms with van der Waals surface area (Å²) in [5.74, 6) is 0.141. The zero-order valence-corrected chi connectivity index (χ0v) is 13.6. The molecule has 3 rings (SSSR count). The Morgan fingerprint density at radius 1 is 1.36 bits per heavy atom. The second-order valence-corrected chi connectivity index (χ2v) is 6.99. The summed E-state index contributed by atoms with van der Waals surface area (Å²) in [5.41, 5.74) is 1.20. The van der Waals surface area contributed by atoms with Crippen LogP contribution in [0.4, 0.5) is 0 Å². The fourth-order valence-electron chi connectivity index (χ4n) is 2.86. The zero-order valence-electron chi connectivity index (χ0n) is 12.8. The number of carbonyl (C=O) groups is 1. The van der Waals surface area contributed by atoms with Crippen LogP contribution in [0.25, 0.3) is 0 Å². The topological polar surface area (TPSA) is 45.2 Å². The highest BCUT2D eigenvalue weighted by Crippen LogP contribution is 2.19. The minimum absolute atomic E-state index is 0.104. The monoisotopic (exact) mass is 315 g/mol. The van der Waals surface area contributed by atoms with Crippen LogP contribution < -0.4 is 5.32 Å². The van der Waals surface area contributed by atoms with Crippen LogP contribution in [-0.4, -0.2) is 34.9 Å². The number of amides is 1. The molecule has 1 aliphatic heterocycles. The van der Waals surface area contributed by atoms with Crippen LogP contribution in [0.2, 0.25) is 0 Å². The van der Waals surface area contributed by atoms with E-state index < -0.39 is 0 Å². The third-order valence-electron chi connectivity index (χ3n) is 3.96. The zero-order chi connectivity index (χ0) is 15.4. The first kappa shape index (κ1) is 15.2. The van der Waals surface area contributed by atoms with Crippen LogP contribution in [-0.2, 0) is 17.8 Å². The van der Waals surface area contributed by atoms with E-state index in [0.29, 0.717) is 0 Å². The Morgan fingerprint density at radius 2 is 2.18 bits per heavy atom. The number of thiazole rings is 1. The summed E-state index contributed by atoms with van der Waals surface area (Å²) in [4.78, 5) is 20.3. The third kappa shape index (κ3) is 3.72. The number of hydrogen-bond donors (Lipinski definition) is 1. The van der Waals surface area contributed by atoms with E-state index in [0.717, 1.165) is 37.5 Å². The van der Waals surface area contributed by atoms with E-state index in [4.69, 9.17) is 0 Å². The fourth-order valence-corrected chi connectivity index (χ4v) is 3.68. The highest BCUT2D eigenvalue weighted by molar-refractivity contribution is 7.11. The highest BCUT2D eigenvalue weighted by Gasteiger charge is 2.28. The van der Waals surface area contributed by atoms with E-state index in [-0.39, 0.29) is 11.9 Å². The molecule has 0 saturated carbocycles. The normalized spacial score (nSPS) is 19.7. The molecule has 2 heterocycles. The summed E-state index contributed by atoms with van der Waals surface area (Å²) in [6.45, 7) is 4.52. The molecule has 0 radical (unpaired) electrons. The maximum absolute atomic E-state index is 12.5. The van der Waals surface area contributed by atoms with Gasteiger partial charge in [-0.2, -0.15) is 0 Å². The molecule has 1 atom stereocenters. The molecule has 1 aliphatic rings. The minimum Gasteiger partial charge on any atom is -0.355 e. The first-order chi connectivity index (χ1) is 10.7. The van der Waals surface area contributed by atoms with Crippen molar-refractivity contribution in [1.29, 1.82) is 0 Å². The van der Waals surface area contributed by atoms with Crippen molar-refractivity contribution in [3.8, 4) is 0 Å². The molecule has 1 unspecified atom stereocenters. The van der Waals surface area contributed by atoms with Gasteiger partial charge in [0.2, 0.25) is 5.91 Å². The molecule has 0 bridgehead atoms. The molecule has 1 fully saturated rings. The van der Waals surface area contributed by atoms with Gasteiger partial charge in [0.25, 0.3) is 0 Å². The van der Waals surface area contributed by atoms with Crippen molar-refractivity contribution in [3.05, 3.63) is 52.0 Å². The molecule has 116 valence electrons. The quantitative estimate of drug-likeness (QED) is 0.942. The average molecular weight is 315 g/mol. The lowest BCUT2D eigenvalue weighted by Crippen LogP contribution is -2.45. The molecule has 0 aliphatic carbocycles. The maximum Gasteiger partial charge on any atom is 0.237 e. The lowest BCUT2D eigenvalue weighted by molar-refractivity contribution is -0.125. The first-order valence-corrected chi connectivity index (χ1v) is 8.51. The molecule has 22 heavy (non-hydrogen) atoms. The number of carbonyl (C=O) groups excluding carboxylic acids is 1. The van der Waals surface area contributed by atoms with Crippen LogP contribution in [0, 0.1) is 6.92 Å². The summed E-state index contributed by atoms with van der Waals surface area (Å²) >= 11 is 1.71. The van der Waals surface area contributed by atoms with E-state index in [9.17, 15) is 4.79 Å². The molecule has 2 aromatic rings. The molecule has 4 nitrogen and oxygen atoms in total. The number of nitrogens with zero attached hydrogens (tertiary/aromatic N) is 2. The van der Waals surface area contributed by atoms with Gasteiger partial charge in [-0.1, -0.05) is 30.3 Å². The summed E-state index contributed by atoms with van der Waals surface area (Å²) in [6.07, 6.45) is 3.68. The fraction of sp³-hybridized carbons (Fsp3) is 0.412. The summed E-state index contributed by atoms with van der Waals surface area (Å²) in [5, 5.41) is 4.12. The number of benzene rings is 1. The molecular weight excluding hydrogens is 294 g/mol. The van der Waals surface area contributed by atoms with Crippen molar-refractivity contribution in [3.63, 3.8) is 0 Å². The van der Waals surface area contributed by atoms with Crippen molar-refractivity contribution < 1.29 is 4.79 Å². The molecule has 1 aromatic carbocycles. The standard InChI is InChI=1S/C17H21N3OS/c1-13-19-11-15(22-13)12-20-9-5-8-18-17(21)16(20)10-14-6-3-2-4-7-14/h2-4,6-7,11,16H,5,8-10,12H2,1H3,(H,18,21). The van der Waals surface area contributed by atoms with Crippen LogP contribution in [0.1, 0.15) is 21.9 Å². The highest BCUT2D eigenvalue weighted by atomic mass is 32.1. The van der Waals surface area contributed by atoms with Gasteiger partial charge in [0.05, 0.1) is 11.0 Å². The minimum atomic E-state index is -0.104. The summed E-state index contributed by atoms with van der Waals surface area (Å²) in [7, 11) is 0. The Hall–Kier alpha value is -1.72. The van der Waals surface area contributed by atoms with Crippen molar-refractivity contribution in [2.45, 2.75) is 32.4 Å². The molecule has 1 amide bonds. The molecule has 0 spiro atoms. The van der Waals surface area contributed by atoms with Crippen LogP contribution in [0.3, 0.4) is 0 Å². The van der Waals surface area contributed by atoms with E-state index in [1.54, 1.807) is 11.3 Å². The van der Waals surface area contributed by atoms with E-state index in [1.807, 2.05) is 31.3 Å². The molecular formula is C17H21N3OS. The van der Waals surface area contributed by atoms with Crippen LogP contribution in [0.15, 0.2) is 36.5 Å². The summed E-state index contributed by atoms with van der Waals surface area (Å²) < 4.78 is 0. The van der Waals surface area contributed by atoms with Gasteiger partial charge in [-0.05, 0) is 25.3 Å². The Balaban J connectivity index is 1.78.